The number of nitrogens with one attached hydrogen (secondary N) is 1. The summed E-state index contributed by atoms with van der Waals surface area (Å²) in [6.45, 7) is 0. The summed E-state index contributed by atoms with van der Waals surface area (Å²) in [5.41, 5.74) is 3.51. The van der Waals surface area contributed by atoms with Gasteiger partial charge >= 0.3 is 5.97 Å². The number of hydrazone groups is 1. The number of pyridine rings is 1. The molecule has 0 aliphatic heterocycles. The topological polar surface area (TPSA) is 80.6 Å². The lowest BCUT2D eigenvalue weighted by atomic mass is 10.2. The Morgan fingerprint density at radius 1 is 1.16 bits per heavy atom. The van der Waals surface area contributed by atoms with Gasteiger partial charge in [0.2, 0.25) is 0 Å². The van der Waals surface area contributed by atoms with E-state index in [9.17, 15) is 9.59 Å². The van der Waals surface area contributed by atoms with Crippen LogP contribution in [0.5, 0.6) is 5.75 Å². The van der Waals surface area contributed by atoms with Gasteiger partial charge in [-0.15, -0.1) is 11.3 Å². The summed E-state index contributed by atoms with van der Waals surface area (Å²) in [5.74, 6) is -0.362. The minimum absolute atomic E-state index is 0.357. The molecule has 1 aromatic carbocycles. The van der Waals surface area contributed by atoms with Gasteiger partial charge < -0.3 is 4.74 Å². The molecule has 0 bridgehead atoms. The Bertz CT molecular complexity index is 893. The van der Waals surface area contributed by atoms with E-state index >= 15 is 0 Å². The van der Waals surface area contributed by atoms with Crippen molar-refractivity contribution in [2.45, 2.75) is 0 Å². The highest BCUT2D eigenvalue weighted by Crippen LogP contribution is 2.16. The van der Waals surface area contributed by atoms with Crippen molar-refractivity contribution in [1.82, 2.24) is 10.4 Å². The second-order valence-electron chi connectivity index (χ2n) is 4.88. The van der Waals surface area contributed by atoms with Gasteiger partial charge in [-0.3, -0.25) is 9.78 Å². The molecule has 0 saturated heterocycles. The Balaban J connectivity index is 1.61. The summed E-state index contributed by atoms with van der Waals surface area (Å²) < 4.78 is 5.31. The molecule has 3 aromatic rings. The van der Waals surface area contributed by atoms with Crippen molar-refractivity contribution in [3.05, 3.63) is 82.3 Å². The number of benzene rings is 1. The van der Waals surface area contributed by atoms with Crippen molar-refractivity contribution in [3.63, 3.8) is 0 Å². The largest absolute Gasteiger partial charge is 0.422 e. The van der Waals surface area contributed by atoms with Crippen LogP contribution in [0.15, 0.2) is 71.4 Å². The van der Waals surface area contributed by atoms with Crippen molar-refractivity contribution in [2.75, 3.05) is 0 Å². The molecule has 0 aliphatic rings. The first-order valence-electron chi connectivity index (χ1n) is 7.31. The number of hydrogen-bond donors (Lipinski definition) is 1. The summed E-state index contributed by atoms with van der Waals surface area (Å²) in [6.07, 6.45) is 4.51. The van der Waals surface area contributed by atoms with Crippen LogP contribution in [0.25, 0.3) is 0 Å². The molecule has 0 unspecified atom stereocenters. The smallest absolute Gasteiger partial charge is 0.353 e. The van der Waals surface area contributed by atoms with E-state index in [1.807, 2.05) is 5.38 Å². The van der Waals surface area contributed by atoms with E-state index in [1.54, 1.807) is 54.7 Å². The fraction of sp³-hybridized carbons (Fsp3) is 0. The average molecular weight is 351 g/mol. The predicted octanol–water partition coefficient (Wildman–Crippen LogP) is 3.13. The predicted molar refractivity (Wildman–Crippen MR) is 95.0 cm³/mol. The van der Waals surface area contributed by atoms with Crippen molar-refractivity contribution < 1.29 is 14.3 Å². The molecular formula is C18H13N3O3S. The zero-order chi connectivity index (χ0) is 17.5. The third kappa shape index (κ3) is 4.58. The number of esters is 1. The second-order valence-corrected chi connectivity index (χ2v) is 5.83. The quantitative estimate of drug-likeness (QED) is 0.331. The Labute approximate surface area is 147 Å². The second kappa shape index (κ2) is 7.98. The number of nitrogens with zero attached hydrogens (tertiary/aromatic N) is 2. The van der Waals surface area contributed by atoms with Gasteiger partial charge in [-0.05, 0) is 41.3 Å². The first-order valence-corrected chi connectivity index (χ1v) is 8.19. The van der Waals surface area contributed by atoms with Gasteiger partial charge in [0, 0.05) is 12.4 Å². The normalized spacial score (nSPS) is 10.6. The zero-order valence-electron chi connectivity index (χ0n) is 13.0. The molecule has 0 atom stereocenters. The Hall–Kier alpha value is -3.32. The average Bonchev–Trinajstić information content (AvgIpc) is 3.17. The van der Waals surface area contributed by atoms with Crippen molar-refractivity contribution >= 4 is 29.4 Å². The molecule has 124 valence electrons. The van der Waals surface area contributed by atoms with Crippen LogP contribution in [0.1, 0.15) is 25.6 Å². The van der Waals surface area contributed by atoms with Gasteiger partial charge in [-0.1, -0.05) is 18.2 Å². The number of amides is 1. The highest BCUT2D eigenvalue weighted by atomic mass is 32.1. The van der Waals surface area contributed by atoms with Crippen LogP contribution in [-0.4, -0.2) is 23.1 Å². The van der Waals surface area contributed by atoms with Gasteiger partial charge in [0.25, 0.3) is 5.91 Å². The minimum atomic E-state index is -0.408. The third-order valence-electron chi connectivity index (χ3n) is 3.09. The molecule has 2 heterocycles. The number of ether oxygens (including phenoxy) is 1. The van der Waals surface area contributed by atoms with E-state index in [-0.39, 0.29) is 5.91 Å². The highest BCUT2D eigenvalue weighted by molar-refractivity contribution is 7.12. The zero-order valence-corrected chi connectivity index (χ0v) is 13.8. The molecule has 25 heavy (non-hydrogen) atoms. The number of rotatable bonds is 5. The monoisotopic (exact) mass is 351 g/mol. The van der Waals surface area contributed by atoms with Gasteiger partial charge in [0.15, 0.2) is 0 Å². The van der Waals surface area contributed by atoms with Crippen LogP contribution in [-0.2, 0) is 0 Å². The van der Waals surface area contributed by atoms with Crippen molar-refractivity contribution in [2.24, 2.45) is 5.10 Å². The number of thiophene rings is 1. The number of aromatic nitrogens is 1. The van der Waals surface area contributed by atoms with Crippen LogP contribution in [0.4, 0.5) is 0 Å². The van der Waals surface area contributed by atoms with E-state index in [0.29, 0.717) is 21.8 Å². The number of carbonyl (C=O) groups excluding carboxylic acids is 2. The fourth-order valence-electron chi connectivity index (χ4n) is 1.94. The van der Waals surface area contributed by atoms with Crippen LogP contribution in [0.3, 0.4) is 0 Å². The van der Waals surface area contributed by atoms with E-state index in [4.69, 9.17) is 4.74 Å². The molecule has 3 rings (SSSR count). The maximum Gasteiger partial charge on any atom is 0.353 e. The van der Waals surface area contributed by atoms with E-state index in [1.165, 1.54) is 23.7 Å². The van der Waals surface area contributed by atoms with E-state index in [0.717, 1.165) is 0 Å². The maximum atomic E-state index is 11.9. The van der Waals surface area contributed by atoms with Crippen LogP contribution in [0, 0.1) is 0 Å². The first kappa shape index (κ1) is 16.5. The van der Waals surface area contributed by atoms with Crippen molar-refractivity contribution in [3.8, 4) is 5.75 Å². The Kier molecular flexibility index (Phi) is 5.28. The standard InChI is InChI=1S/C18H13N3O3S/c22-17(14-5-2-8-19-12-14)21-20-11-13-4-1-6-15(10-13)24-18(23)16-7-3-9-25-16/h1-12H,(H,21,22)/b20-11+. The molecule has 0 radical (unpaired) electrons. The SMILES string of the molecule is O=C(N/N=C/c1cccc(OC(=O)c2cccs2)c1)c1cccnc1. The summed E-state index contributed by atoms with van der Waals surface area (Å²) >= 11 is 1.32. The number of carbonyl (C=O) groups is 2. The molecular weight excluding hydrogens is 338 g/mol. The molecule has 6 nitrogen and oxygen atoms in total. The summed E-state index contributed by atoms with van der Waals surface area (Å²) in [5, 5.41) is 5.71. The fourth-order valence-corrected chi connectivity index (χ4v) is 2.54. The van der Waals surface area contributed by atoms with Crippen molar-refractivity contribution in [1.29, 1.82) is 0 Å². The lowest BCUT2D eigenvalue weighted by Gasteiger charge is -2.03. The van der Waals surface area contributed by atoms with Gasteiger partial charge in [0.05, 0.1) is 11.8 Å². The summed E-state index contributed by atoms with van der Waals surface area (Å²) in [7, 11) is 0. The molecule has 7 heteroatoms. The Morgan fingerprint density at radius 3 is 2.84 bits per heavy atom. The van der Waals surface area contributed by atoms with Gasteiger partial charge in [0.1, 0.15) is 10.6 Å². The van der Waals surface area contributed by atoms with E-state index < -0.39 is 5.97 Å². The summed E-state index contributed by atoms with van der Waals surface area (Å²) in [6, 6.07) is 13.7. The minimum Gasteiger partial charge on any atom is -0.422 e. The molecule has 0 saturated carbocycles. The highest BCUT2D eigenvalue weighted by Gasteiger charge is 2.09. The molecule has 0 spiro atoms. The van der Waals surface area contributed by atoms with Crippen LogP contribution >= 0.6 is 11.3 Å². The Morgan fingerprint density at radius 2 is 2.08 bits per heavy atom. The molecule has 1 N–H and O–H groups in total. The van der Waals surface area contributed by atoms with Crippen LogP contribution < -0.4 is 10.2 Å². The molecule has 1 amide bonds. The lowest BCUT2D eigenvalue weighted by molar-refractivity contribution is 0.0739. The molecule has 2 aromatic heterocycles. The van der Waals surface area contributed by atoms with Gasteiger partial charge in [-0.2, -0.15) is 5.10 Å². The van der Waals surface area contributed by atoms with Crippen LogP contribution in [0.2, 0.25) is 0 Å². The lowest BCUT2D eigenvalue weighted by Crippen LogP contribution is -2.17. The maximum absolute atomic E-state index is 11.9. The molecule has 0 aliphatic carbocycles. The summed E-state index contributed by atoms with van der Waals surface area (Å²) in [4.78, 5) is 28.2. The third-order valence-corrected chi connectivity index (χ3v) is 3.94. The first-order chi connectivity index (χ1) is 12.2. The number of hydrogen-bond acceptors (Lipinski definition) is 6. The van der Waals surface area contributed by atoms with E-state index in [2.05, 4.69) is 15.5 Å². The molecule has 0 fully saturated rings. The van der Waals surface area contributed by atoms with Gasteiger partial charge in [-0.25, -0.2) is 10.2 Å².